The van der Waals surface area contributed by atoms with Crippen LogP contribution in [0.4, 0.5) is 4.79 Å². The van der Waals surface area contributed by atoms with Crippen molar-refractivity contribution in [3.8, 4) is 28.6 Å². The summed E-state index contributed by atoms with van der Waals surface area (Å²) in [6, 6.07) is 17.3. The molecule has 0 radical (unpaired) electrons. The van der Waals surface area contributed by atoms with Gasteiger partial charge in [-0.2, -0.15) is 5.10 Å². The molecule has 1 aliphatic rings. The number of carbonyl (C=O) groups is 1. The minimum Gasteiger partial charge on any atom is -0.493 e. The van der Waals surface area contributed by atoms with Crippen molar-refractivity contribution in [3.05, 3.63) is 60.2 Å². The van der Waals surface area contributed by atoms with Crippen LogP contribution in [-0.4, -0.2) is 53.6 Å². The zero-order valence-electron chi connectivity index (χ0n) is 20.7. The number of benzene rings is 2. The minimum atomic E-state index is -0.117. The topological polar surface area (TPSA) is 77.9 Å². The summed E-state index contributed by atoms with van der Waals surface area (Å²) in [6.07, 6.45) is 2.85. The van der Waals surface area contributed by atoms with Crippen molar-refractivity contribution in [3.63, 3.8) is 0 Å². The van der Waals surface area contributed by atoms with E-state index in [2.05, 4.69) is 5.32 Å². The lowest BCUT2D eigenvalue weighted by molar-refractivity contribution is 0.0793. The van der Waals surface area contributed by atoms with E-state index in [-0.39, 0.29) is 12.1 Å². The maximum absolute atomic E-state index is 13.2. The summed E-state index contributed by atoms with van der Waals surface area (Å²) in [6.45, 7) is 4.23. The highest BCUT2D eigenvalue weighted by atomic mass is 16.5. The molecule has 8 heteroatoms. The molecule has 1 saturated heterocycles. The van der Waals surface area contributed by atoms with E-state index in [1.54, 1.807) is 11.8 Å². The quantitative estimate of drug-likeness (QED) is 0.444. The molecule has 1 N–H and O–H groups in total. The Bertz CT molecular complexity index is 1110. The van der Waals surface area contributed by atoms with Gasteiger partial charge in [0.1, 0.15) is 5.69 Å². The van der Waals surface area contributed by atoms with Gasteiger partial charge in [-0.25, -0.2) is 9.48 Å². The lowest BCUT2D eigenvalue weighted by Crippen LogP contribution is -2.43. The fourth-order valence-electron chi connectivity index (χ4n) is 4.25. The van der Waals surface area contributed by atoms with Crippen LogP contribution in [0.3, 0.4) is 0 Å². The molecule has 0 spiro atoms. The van der Waals surface area contributed by atoms with Gasteiger partial charge in [0.2, 0.25) is 5.88 Å². The van der Waals surface area contributed by atoms with Crippen LogP contribution in [0.2, 0.25) is 0 Å². The number of hydrogen-bond donors (Lipinski definition) is 1. The first-order valence-electron chi connectivity index (χ1n) is 12.2. The van der Waals surface area contributed by atoms with Gasteiger partial charge in [-0.3, -0.25) is 0 Å². The molecule has 35 heavy (non-hydrogen) atoms. The average molecular weight is 479 g/mol. The molecule has 1 aromatic heterocycles. The Morgan fingerprint density at radius 2 is 1.91 bits per heavy atom. The number of ether oxygens (including phenoxy) is 3. The molecule has 2 amide bonds. The second-order valence-corrected chi connectivity index (χ2v) is 8.62. The van der Waals surface area contributed by atoms with Gasteiger partial charge in [0.15, 0.2) is 11.5 Å². The predicted molar refractivity (Wildman–Crippen MR) is 135 cm³/mol. The Balaban J connectivity index is 1.73. The lowest BCUT2D eigenvalue weighted by Gasteiger charge is -2.26. The third-order valence-electron chi connectivity index (χ3n) is 6.02. The number of aryl methyl sites for hydroxylation is 1. The fraction of sp³-hybridized carbons (Fsp3) is 0.407. The molecule has 2 heterocycles. The van der Waals surface area contributed by atoms with Crippen LogP contribution in [0.1, 0.15) is 31.7 Å². The lowest BCUT2D eigenvalue weighted by atomic mass is 10.1. The van der Waals surface area contributed by atoms with E-state index in [4.69, 9.17) is 19.3 Å². The van der Waals surface area contributed by atoms with Gasteiger partial charge < -0.3 is 24.4 Å². The molecule has 0 saturated carbocycles. The van der Waals surface area contributed by atoms with Crippen LogP contribution >= 0.6 is 0 Å². The van der Waals surface area contributed by atoms with Crippen molar-refractivity contribution in [1.82, 2.24) is 20.0 Å². The Morgan fingerprint density at radius 1 is 1.17 bits per heavy atom. The molecule has 0 bridgehead atoms. The maximum Gasteiger partial charge on any atom is 0.317 e. The Morgan fingerprint density at radius 3 is 2.60 bits per heavy atom. The van der Waals surface area contributed by atoms with E-state index in [1.807, 2.05) is 73.5 Å². The summed E-state index contributed by atoms with van der Waals surface area (Å²) in [5.74, 6) is 1.77. The number of amides is 2. The van der Waals surface area contributed by atoms with Gasteiger partial charge in [-0.05, 0) is 31.4 Å². The first-order chi connectivity index (χ1) is 17.1. The first kappa shape index (κ1) is 24.6. The number of rotatable bonds is 10. The highest BCUT2D eigenvalue weighted by Gasteiger charge is 2.28. The molecule has 186 valence electrons. The summed E-state index contributed by atoms with van der Waals surface area (Å²) >= 11 is 0. The third-order valence-corrected chi connectivity index (χ3v) is 6.02. The number of para-hydroxylation sites is 2. The number of nitrogens with one attached hydrogen (secondary N) is 1. The van der Waals surface area contributed by atoms with E-state index in [1.165, 1.54) is 0 Å². The van der Waals surface area contributed by atoms with Crippen LogP contribution < -0.4 is 14.8 Å². The van der Waals surface area contributed by atoms with E-state index < -0.39 is 0 Å². The van der Waals surface area contributed by atoms with Crippen LogP contribution in [0.15, 0.2) is 54.6 Å². The third kappa shape index (κ3) is 5.95. The fourth-order valence-corrected chi connectivity index (χ4v) is 4.25. The van der Waals surface area contributed by atoms with Gasteiger partial charge in [0.05, 0.1) is 25.3 Å². The van der Waals surface area contributed by atoms with E-state index in [0.717, 1.165) is 42.7 Å². The summed E-state index contributed by atoms with van der Waals surface area (Å²) < 4.78 is 19.5. The van der Waals surface area contributed by atoms with Gasteiger partial charge in [0, 0.05) is 32.3 Å². The average Bonchev–Trinajstić information content (AvgIpc) is 3.51. The van der Waals surface area contributed by atoms with Crippen molar-refractivity contribution < 1.29 is 19.0 Å². The molecule has 2 aromatic carbocycles. The van der Waals surface area contributed by atoms with Gasteiger partial charge in [-0.15, -0.1) is 0 Å². The molecule has 1 fully saturated rings. The van der Waals surface area contributed by atoms with Crippen molar-refractivity contribution >= 4 is 6.03 Å². The minimum absolute atomic E-state index is 0.0257. The molecule has 0 aliphatic carbocycles. The molecular weight excluding hydrogens is 444 g/mol. The molecule has 8 nitrogen and oxygen atoms in total. The first-order valence-corrected chi connectivity index (χ1v) is 12.2. The van der Waals surface area contributed by atoms with Crippen LogP contribution in [0, 0.1) is 0 Å². The number of hydrogen-bond acceptors (Lipinski definition) is 5. The summed E-state index contributed by atoms with van der Waals surface area (Å²) in [7, 11) is 3.46. The maximum atomic E-state index is 13.2. The molecule has 1 aliphatic heterocycles. The van der Waals surface area contributed by atoms with Crippen LogP contribution in [0.5, 0.6) is 17.4 Å². The van der Waals surface area contributed by atoms with Crippen molar-refractivity contribution in [2.75, 3.05) is 26.8 Å². The van der Waals surface area contributed by atoms with Crippen LogP contribution in [0.25, 0.3) is 11.3 Å². The second kappa shape index (κ2) is 11.8. The van der Waals surface area contributed by atoms with Gasteiger partial charge >= 0.3 is 6.03 Å². The second-order valence-electron chi connectivity index (χ2n) is 8.62. The highest BCUT2D eigenvalue weighted by molar-refractivity contribution is 5.75. The van der Waals surface area contributed by atoms with E-state index in [9.17, 15) is 4.79 Å². The largest absolute Gasteiger partial charge is 0.493 e. The number of aromatic nitrogens is 2. The Kier molecular flexibility index (Phi) is 8.26. The molecular formula is C27H34N4O4. The zero-order chi connectivity index (χ0) is 24.6. The van der Waals surface area contributed by atoms with Crippen molar-refractivity contribution in [2.45, 2.75) is 38.8 Å². The predicted octanol–water partition coefficient (Wildman–Crippen LogP) is 4.99. The smallest absolute Gasteiger partial charge is 0.317 e. The summed E-state index contributed by atoms with van der Waals surface area (Å²) in [5.41, 5.74) is 2.56. The van der Waals surface area contributed by atoms with Crippen LogP contribution in [-0.2, 0) is 18.3 Å². The number of methoxy groups -OCH3 is 1. The molecule has 0 unspecified atom stereocenters. The number of carbonyl (C=O) groups excluding carboxylic acids is 1. The number of nitrogens with zero attached hydrogens (tertiary/aromatic N) is 3. The van der Waals surface area contributed by atoms with E-state index in [0.29, 0.717) is 37.0 Å². The number of urea groups is 1. The Hall–Kier alpha value is -3.52. The molecule has 3 aromatic rings. The molecule has 1 atom stereocenters. The SMILES string of the molecule is CCCNC(=O)N(Cc1c(-c2ccccc2)nn(C)c1Oc1ccccc1OC)C[C@H]1CCCO1. The normalized spacial score (nSPS) is 15.1. The summed E-state index contributed by atoms with van der Waals surface area (Å²) in [4.78, 5) is 15.0. The molecule has 4 rings (SSSR count). The zero-order valence-corrected chi connectivity index (χ0v) is 20.7. The monoisotopic (exact) mass is 478 g/mol. The van der Waals surface area contributed by atoms with Crippen molar-refractivity contribution in [2.24, 2.45) is 7.05 Å². The Labute approximate surface area is 206 Å². The van der Waals surface area contributed by atoms with Crippen molar-refractivity contribution in [1.29, 1.82) is 0 Å². The van der Waals surface area contributed by atoms with Gasteiger partial charge in [0.25, 0.3) is 0 Å². The van der Waals surface area contributed by atoms with E-state index >= 15 is 0 Å². The standard InChI is InChI=1S/C27H34N4O4/c1-4-16-28-27(32)31(18-21-13-10-17-34-21)19-22-25(20-11-6-5-7-12-20)29-30(2)26(22)35-24-15-9-8-14-23(24)33-3/h5-9,11-12,14-15,21H,4,10,13,16-19H2,1-3H3,(H,28,32)/t21-/m1/s1. The summed E-state index contributed by atoms with van der Waals surface area (Å²) in [5, 5.41) is 7.82. The van der Waals surface area contributed by atoms with Gasteiger partial charge in [-0.1, -0.05) is 49.4 Å². The highest BCUT2D eigenvalue weighted by Crippen LogP contribution is 2.37.